The molecule has 0 unspecified atom stereocenters. The van der Waals surface area contributed by atoms with Crippen LogP contribution in [0.3, 0.4) is 0 Å². The summed E-state index contributed by atoms with van der Waals surface area (Å²) in [5.41, 5.74) is 5.35. The zero-order valence-corrected chi connectivity index (χ0v) is 15.2. The highest BCUT2D eigenvalue weighted by Gasteiger charge is 2.31. The lowest BCUT2D eigenvalue weighted by Gasteiger charge is -2.34. The number of nitrogens with zero attached hydrogens (tertiary/aromatic N) is 3. The Balaban J connectivity index is 1.80. The lowest BCUT2D eigenvalue weighted by Crippen LogP contribution is -2.48. The third kappa shape index (κ3) is 3.41. The fraction of sp³-hybridized carbons (Fsp3) is 0.267. The minimum Gasteiger partial charge on any atom is -0.366 e. The van der Waals surface area contributed by atoms with Crippen molar-refractivity contribution in [3.8, 4) is 0 Å². The summed E-state index contributed by atoms with van der Waals surface area (Å²) in [6.45, 7) is 1.05. The van der Waals surface area contributed by atoms with Gasteiger partial charge in [-0.15, -0.1) is 11.3 Å². The number of sulfonamides is 1. The molecule has 0 spiro atoms. The van der Waals surface area contributed by atoms with E-state index < -0.39 is 20.9 Å². The van der Waals surface area contributed by atoms with Crippen molar-refractivity contribution < 1.29 is 18.1 Å². The molecule has 11 heteroatoms. The largest absolute Gasteiger partial charge is 0.366 e. The Morgan fingerprint density at radius 1 is 1.19 bits per heavy atom. The fourth-order valence-corrected chi connectivity index (χ4v) is 5.36. The maximum atomic E-state index is 12.5. The van der Waals surface area contributed by atoms with Gasteiger partial charge in [0.15, 0.2) is 0 Å². The molecule has 0 saturated carbocycles. The van der Waals surface area contributed by atoms with Crippen LogP contribution in [0.2, 0.25) is 0 Å². The van der Waals surface area contributed by atoms with Crippen LogP contribution < -0.4 is 10.6 Å². The molecule has 2 aromatic rings. The van der Waals surface area contributed by atoms with Gasteiger partial charge in [-0.3, -0.25) is 14.9 Å². The first-order chi connectivity index (χ1) is 12.3. The number of benzene rings is 1. The van der Waals surface area contributed by atoms with Crippen LogP contribution in [0.4, 0.5) is 11.4 Å². The third-order valence-electron chi connectivity index (χ3n) is 4.13. The molecular weight excluding hydrogens is 380 g/mol. The van der Waals surface area contributed by atoms with Crippen molar-refractivity contribution in [2.45, 2.75) is 4.21 Å². The van der Waals surface area contributed by atoms with E-state index in [0.717, 1.165) is 17.4 Å². The van der Waals surface area contributed by atoms with Gasteiger partial charge in [-0.25, -0.2) is 8.42 Å². The summed E-state index contributed by atoms with van der Waals surface area (Å²) < 4.78 is 26.7. The monoisotopic (exact) mass is 396 g/mol. The van der Waals surface area contributed by atoms with Crippen LogP contribution in [0.25, 0.3) is 0 Å². The van der Waals surface area contributed by atoms with E-state index >= 15 is 0 Å². The van der Waals surface area contributed by atoms with E-state index in [1.165, 1.54) is 16.4 Å². The van der Waals surface area contributed by atoms with Crippen LogP contribution in [-0.2, 0) is 10.0 Å². The Labute approximate surface area is 153 Å². The Morgan fingerprint density at radius 3 is 2.42 bits per heavy atom. The lowest BCUT2D eigenvalue weighted by atomic mass is 10.1. The number of hydrogen-bond acceptors (Lipinski definition) is 7. The van der Waals surface area contributed by atoms with Crippen molar-refractivity contribution in [3.05, 3.63) is 51.4 Å². The van der Waals surface area contributed by atoms with E-state index in [2.05, 4.69) is 0 Å². The van der Waals surface area contributed by atoms with E-state index in [1.807, 2.05) is 0 Å². The van der Waals surface area contributed by atoms with E-state index in [9.17, 15) is 23.3 Å². The SMILES string of the molecule is NC(=O)c1ccc(N2CCN(S(=O)(=O)c3cccs3)CC2)c([N+](=O)[O-])c1. The van der Waals surface area contributed by atoms with Crippen LogP contribution in [-0.4, -0.2) is 49.7 Å². The molecule has 0 atom stereocenters. The van der Waals surface area contributed by atoms with Crippen LogP contribution in [0.5, 0.6) is 0 Å². The number of hydrogen-bond donors (Lipinski definition) is 1. The Bertz CT molecular complexity index is 935. The van der Waals surface area contributed by atoms with Gasteiger partial charge in [-0.1, -0.05) is 6.07 Å². The highest BCUT2D eigenvalue weighted by Crippen LogP contribution is 2.31. The Morgan fingerprint density at radius 2 is 1.88 bits per heavy atom. The van der Waals surface area contributed by atoms with Crippen molar-refractivity contribution in [2.24, 2.45) is 5.73 Å². The summed E-state index contributed by atoms with van der Waals surface area (Å²) in [7, 11) is -3.54. The Hall–Kier alpha value is -2.50. The molecule has 1 aromatic carbocycles. The van der Waals surface area contributed by atoms with Crippen molar-refractivity contribution in [1.82, 2.24) is 4.31 Å². The number of nitro groups is 1. The maximum absolute atomic E-state index is 12.5. The standard InChI is InChI=1S/C15H16N4O5S2/c16-15(20)11-3-4-12(13(10-11)19(21)22)17-5-7-18(8-6-17)26(23,24)14-2-1-9-25-14/h1-4,9-10H,5-8H2,(H2,16,20). The molecule has 0 radical (unpaired) electrons. The van der Waals surface area contributed by atoms with Gasteiger partial charge in [0.05, 0.1) is 4.92 Å². The molecule has 1 saturated heterocycles. The topological polar surface area (TPSA) is 127 Å². The molecule has 1 fully saturated rings. The normalized spacial score (nSPS) is 15.8. The van der Waals surface area contributed by atoms with E-state index in [1.54, 1.807) is 22.4 Å². The predicted molar refractivity (Wildman–Crippen MR) is 96.9 cm³/mol. The molecule has 1 aliphatic rings. The average Bonchev–Trinajstić information content (AvgIpc) is 3.16. The number of carbonyl (C=O) groups is 1. The number of anilines is 1. The number of rotatable bonds is 5. The van der Waals surface area contributed by atoms with Crippen LogP contribution in [0, 0.1) is 10.1 Å². The van der Waals surface area contributed by atoms with E-state index in [4.69, 9.17) is 5.73 Å². The molecule has 3 rings (SSSR count). The predicted octanol–water partition coefficient (Wildman–Crippen LogP) is 1.27. The van der Waals surface area contributed by atoms with Crippen LogP contribution in [0.15, 0.2) is 39.9 Å². The van der Waals surface area contributed by atoms with Crippen molar-refractivity contribution in [1.29, 1.82) is 0 Å². The molecule has 9 nitrogen and oxygen atoms in total. The zero-order chi connectivity index (χ0) is 18.9. The first-order valence-corrected chi connectivity index (χ1v) is 9.99. The number of carbonyl (C=O) groups excluding carboxylic acids is 1. The first kappa shape index (κ1) is 18.3. The summed E-state index contributed by atoms with van der Waals surface area (Å²) in [5.74, 6) is -0.744. The highest BCUT2D eigenvalue weighted by atomic mass is 32.2. The molecule has 0 bridgehead atoms. The summed E-state index contributed by atoms with van der Waals surface area (Å²) in [6.07, 6.45) is 0. The van der Waals surface area contributed by atoms with Gasteiger partial charge in [-0.05, 0) is 23.6 Å². The number of amides is 1. The smallest absolute Gasteiger partial charge is 0.293 e. The number of piperazine rings is 1. The van der Waals surface area contributed by atoms with Crippen molar-refractivity contribution >= 4 is 38.6 Å². The van der Waals surface area contributed by atoms with Crippen LogP contribution >= 0.6 is 11.3 Å². The van der Waals surface area contributed by atoms with Crippen molar-refractivity contribution in [2.75, 3.05) is 31.1 Å². The van der Waals surface area contributed by atoms with Gasteiger partial charge in [0.1, 0.15) is 9.90 Å². The number of primary amides is 1. The summed E-state index contributed by atoms with van der Waals surface area (Å²) in [6, 6.07) is 7.28. The number of nitrogens with two attached hydrogens (primary N) is 1. The summed E-state index contributed by atoms with van der Waals surface area (Å²) in [4.78, 5) is 23.7. The molecule has 1 aromatic heterocycles. The highest BCUT2D eigenvalue weighted by molar-refractivity contribution is 7.91. The summed E-state index contributed by atoms with van der Waals surface area (Å²) >= 11 is 1.16. The number of thiophene rings is 1. The minimum atomic E-state index is -3.54. The molecular formula is C15H16N4O5S2. The zero-order valence-electron chi connectivity index (χ0n) is 13.6. The van der Waals surface area contributed by atoms with Gasteiger partial charge in [0.25, 0.3) is 15.7 Å². The number of nitro benzene ring substituents is 1. The van der Waals surface area contributed by atoms with Gasteiger partial charge in [0.2, 0.25) is 5.91 Å². The molecule has 1 amide bonds. The first-order valence-electron chi connectivity index (χ1n) is 7.67. The van der Waals surface area contributed by atoms with Gasteiger partial charge < -0.3 is 10.6 Å². The van der Waals surface area contributed by atoms with Gasteiger partial charge >= 0.3 is 0 Å². The molecule has 1 aliphatic heterocycles. The quantitative estimate of drug-likeness (QED) is 0.599. The second-order valence-electron chi connectivity index (χ2n) is 5.65. The average molecular weight is 396 g/mol. The fourth-order valence-electron chi connectivity index (χ4n) is 2.80. The van der Waals surface area contributed by atoms with Crippen LogP contribution in [0.1, 0.15) is 10.4 Å². The summed E-state index contributed by atoms with van der Waals surface area (Å²) in [5, 5.41) is 13.0. The molecule has 2 N–H and O–H groups in total. The van der Waals surface area contributed by atoms with Crippen molar-refractivity contribution in [3.63, 3.8) is 0 Å². The molecule has 0 aliphatic carbocycles. The molecule has 138 valence electrons. The second-order valence-corrected chi connectivity index (χ2v) is 8.76. The molecule has 26 heavy (non-hydrogen) atoms. The lowest BCUT2D eigenvalue weighted by molar-refractivity contribution is -0.384. The van der Waals surface area contributed by atoms with Gasteiger partial charge in [0, 0.05) is 37.8 Å². The molecule has 2 heterocycles. The third-order valence-corrected chi connectivity index (χ3v) is 7.40. The second kappa shape index (κ2) is 7.02. The van der Waals surface area contributed by atoms with Gasteiger partial charge in [-0.2, -0.15) is 4.31 Å². The minimum absolute atomic E-state index is 0.0550. The van der Waals surface area contributed by atoms with E-state index in [-0.39, 0.29) is 28.5 Å². The maximum Gasteiger partial charge on any atom is 0.293 e. The van der Waals surface area contributed by atoms with E-state index in [0.29, 0.717) is 18.8 Å². The Kier molecular flexibility index (Phi) is 4.94.